The van der Waals surface area contributed by atoms with Gasteiger partial charge in [-0.25, -0.2) is 0 Å². The van der Waals surface area contributed by atoms with Gasteiger partial charge in [0.1, 0.15) is 11.8 Å². The van der Waals surface area contributed by atoms with Gasteiger partial charge in [0.15, 0.2) is 5.78 Å². The highest BCUT2D eigenvalue weighted by Gasteiger charge is 2.22. The third-order valence-electron chi connectivity index (χ3n) is 3.90. The molecule has 1 N–H and O–H groups in total. The summed E-state index contributed by atoms with van der Waals surface area (Å²) in [6.07, 6.45) is 0. The molecule has 3 aromatic rings. The van der Waals surface area contributed by atoms with Crippen molar-refractivity contribution in [3.8, 4) is 5.75 Å². The van der Waals surface area contributed by atoms with E-state index in [2.05, 4.69) is 21.2 Å². The number of carbonyl (C=O) groups is 1. The molecule has 0 aliphatic rings. The number of ketones is 1. The third kappa shape index (κ3) is 4.28. The molecule has 0 radical (unpaired) electrons. The molecule has 0 spiro atoms. The van der Waals surface area contributed by atoms with E-state index in [4.69, 9.17) is 4.74 Å². The molecule has 0 saturated heterocycles. The van der Waals surface area contributed by atoms with Crippen LogP contribution in [0.1, 0.15) is 22.0 Å². The van der Waals surface area contributed by atoms with Crippen LogP contribution in [0.15, 0.2) is 83.3 Å². The van der Waals surface area contributed by atoms with E-state index in [1.54, 1.807) is 7.11 Å². The van der Waals surface area contributed by atoms with E-state index in [1.807, 2.05) is 78.9 Å². The lowest BCUT2D eigenvalue weighted by Gasteiger charge is -2.20. The molecule has 3 nitrogen and oxygen atoms in total. The Hall–Kier alpha value is -2.59. The van der Waals surface area contributed by atoms with E-state index >= 15 is 0 Å². The lowest BCUT2D eigenvalue weighted by molar-refractivity contribution is 0.0969. The molecule has 0 saturated carbocycles. The number of anilines is 1. The maximum absolute atomic E-state index is 13.1. The molecule has 0 aliphatic heterocycles. The summed E-state index contributed by atoms with van der Waals surface area (Å²) in [4.78, 5) is 13.1. The molecule has 4 heteroatoms. The first-order valence-electron chi connectivity index (χ1n) is 7.92. The lowest BCUT2D eigenvalue weighted by atomic mass is 9.97. The van der Waals surface area contributed by atoms with Crippen molar-refractivity contribution in [3.63, 3.8) is 0 Å². The van der Waals surface area contributed by atoms with Crippen LogP contribution in [0.4, 0.5) is 5.69 Å². The van der Waals surface area contributed by atoms with Gasteiger partial charge in [0.2, 0.25) is 0 Å². The Bertz CT molecular complexity index is 847. The van der Waals surface area contributed by atoms with Crippen LogP contribution in [0.2, 0.25) is 0 Å². The first kappa shape index (κ1) is 17.2. The predicted octanol–water partition coefficient (Wildman–Crippen LogP) is 5.49. The van der Waals surface area contributed by atoms with Crippen molar-refractivity contribution in [2.24, 2.45) is 0 Å². The average Bonchev–Trinajstić information content (AvgIpc) is 2.67. The van der Waals surface area contributed by atoms with Gasteiger partial charge in [0, 0.05) is 15.7 Å². The van der Waals surface area contributed by atoms with Crippen LogP contribution in [0.3, 0.4) is 0 Å². The first-order chi connectivity index (χ1) is 12.2. The lowest BCUT2D eigenvalue weighted by Crippen LogP contribution is -2.21. The number of methoxy groups -OCH3 is 1. The van der Waals surface area contributed by atoms with Crippen molar-refractivity contribution in [2.75, 3.05) is 12.4 Å². The normalized spacial score (nSPS) is 11.6. The Morgan fingerprint density at radius 2 is 1.68 bits per heavy atom. The molecule has 0 amide bonds. The minimum Gasteiger partial charge on any atom is -0.497 e. The monoisotopic (exact) mass is 395 g/mol. The average molecular weight is 396 g/mol. The number of ether oxygens (including phenoxy) is 1. The molecular formula is C21H18BrNO2. The van der Waals surface area contributed by atoms with Crippen molar-refractivity contribution < 1.29 is 9.53 Å². The van der Waals surface area contributed by atoms with Gasteiger partial charge in [-0.2, -0.15) is 0 Å². The van der Waals surface area contributed by atoms with E-state index in [-0.39, 0.29) is 5.78 Å². The molecule has 0 aliphatic carbocycles. The van der Waals surface area contributed by atoms with E-state index < -0.39 is 6.04 Å². The molecule has 1 unspecified atom stereocenters. The molecule has 25 heavy (non-hydrogen) atoms. The number of hydrogen-bond acceptors (Lipinski definition) is 3. The molecule has 3 rings (SSSR count). The Balaban J connectivity index is 1.95. The molecule has 0 fully saturated rings. The van der Waals surface area contributed by atoms with Gasteiger partial charge < -0.3 is 10.1 Å². The zero-order valence-electron chi connectivity index (χ0n) is 13.8. The summed E-state index contributed by atoms with van der Waals surface area (Å²) in [5.74, 6) is 0.799. The van der Waals surface area contributed by atoms with Crippen LogP contribution >= 0.6 is 15.9 Å². The second-order valence-electron chi connectivity index (χ2n) is 5.59. The van der Waals surface area contributed by atoms with Gasteiger partial charge in [-0.05, 0) is 42.0 Å². The summed E-state index contributed by atoms with van der Waals surface area (Å²) in [7, 11) is 1.63. The zero-order valence-corrected chi connectivity index (χ0v) is 15.4. The fourth-order valence-corrected chi connectivity index (χ4v) is 3.03. The Morgan fingerprint density at radius 3 is 2.32 bits per heavy atom. The second kappa shape index (κ2) is 7.99. The molecule has 3 aromatic carbocycles. The maximum Gasteiger partial charge on any atom is 0.189 e. The maximum atomic E-state index is 13.1. The number of rotatable bonds is 6. The fourth-order valence-electron chi connectivity index (χ4n) is 2.61. The van der Waals surface area contributed by atoms with Crippen molar-refractivity contribution in [1.29, 1.82) is 0 Å². The zero-order chi connectivity index (χ0) is 17.6. The third-order valence-corrected chi connectivity index (χ3v) is 4.40. The summed E-state index contributed by atoms with van der Waals surface area (Å²) in [5, 5.41) is 3.35. The van der Waals surface area contributed by atoms with Gasteiger partial charge in [0.05, 0.1) is 7.11 Å². The Labute approximate surface area is 155 Å². The number of nitrogens with one attached hydrogen (secondary N) is 1. The van der Waals surface area contributed by atoms with Gasteiger partial charge in [-0.3, -0.25) is 4.79 Å². The highest BCUT2D eigenvalue weighted by Crippen LogP contribution is 2.27. The van der Waals surface area contributed by atoms with Crippen LogP contribution in [0, 0.1) is 0 Å². The van der Waals surface area contributed by atoms with Gasteiger partial charge in [-0.1, -0.05) is 58.4 Å². The Morgan fingerprint density at radius 1 is 0.960 bits per heavy atom. The van der Waals surface area contributed by atoms with Gasteiger partial charge in [-0.15, -0.1) is 0 Å². The smallest absolute Gasteiger partial charge is 0.189 e. The summed E-state index contributed by atoms with van der Waals surface area (Å²) >= 11 is 3.48. The summed E-state index contributed by atoms with van der Waals surface area (Å²) in [6, 6.07) is 24.2. The van der Waals surface area contributed by atoms with Crippen LogP contribution in [0.25, 0.3) is 0 Å². The largest absolute Gasteiger partial charge is 0.497 e. The van der Waals surface area contributed by atoms with E-state index in [0.29, 0.717) is 5.56 Å². The molecule has 126 valence electrons. The van der Waals surface area contributed by atoms with Crippen molar-refractivity contribution in [3.05, 3.63) is 94.5 Å². The van der Waals surface area contributed by atoms with Crippen LogP contribution in [-0.4, -0.2) is 12.9 Å². The molecular weight excluding hydrogens is 378 g/mol. The molecule has 1 atom stereocenters. The van der Waals surface area contributed by atoms with Crippen LogP contribution < -0.4 is 10.1 Å². The topological polar surface area (TPSA) is 38.3 Å². The summed E-state index contributed by atoms with van der Waals surface area (Å²) in [5.41, 5.74) is 2.43. The summed E-state index contributed by atoms with van der Waals surface area (Å²) in [6.45, 7) is 0. The van der Waals surface area contributed by atoms with Gasteiger partial charge in [0.25, 0.3) is 0 Å². The van der Waals surface area contributed by atoms with Crippen molar-refractivity contribution in [1.82, 2.24) is 0 Å². The minimum atomic E-state index is -0.478. The van der Waals surface area contributed by atoms with E-state index in [9.17, 15) is 4.79 Å². The van der Waals surface area contributed by atoms with Crippen LogP contribution in [-0.2, 0) is 0 Å². The molecule has 0 bridgehead atoms. The van der Waals surface area contributed by atoms with Crippen LogP contribution in [0.5, 0.6) is 5.75 Å². The Kier molecular flexibility index (Phi) is 5.51. The fraction of sp³-hybridized carbons (Fsp3) is 0.0952. The minimum absolute atomic E-state index is 0.0227. The number of halogens is 1. The standard InChI is InChI=1S/C21H18BrNO2/c1-25-19-12-10-18(11-13-19)23-20(16-8-5-9-17(22)14-16)21(24)15-6-3-2-4-7-15/h2-14,20,23H,1H3. The second-order valence-corrected chi connectivity index (χ2v) is 6.51. The summed E-state index contributed by atoms with van der Waals surface area (Å²) < 4.78 is 6.13. The number of benzene rings is 3. The number of hydrogen-bond donors (Lipinski definition) is 1. The number of carbonyl (C=O) groups excluding carboxylic acids is 1. The van der Waals surface area contributed by atoms with E-state index in [1.165, 1.54) is 0 Å². The first-order valence-corrected chi connectivity index (χ1v) is 8.72. The SMILES string of the molecule is COc1ccc(NC(C(=O)c2ccccc2)c2cccc(Br)c2)cc1. The highest BCUT2D eigenvalue weighted by atomic mass is 79.9. The molecule has 0 heterocycles. The number of Topliss-reactive ketones (excluding diaryl/α,β-unsaturated/α-hetero) is 1. The van der Waals surface area contributed by atoms with Crippen molar-refractivity contribution in [2.45, 2.75) is 6.04 Å². The van der Waals surface area contributed by atoms with E-state index in [0.717, 1.165) is 21.5 Å². The molecule has 0 aromatic heterocycles. The highest BCUT2D eigenvalue weighted by molar-refractivity contribution is 9.10. The quantitative estimate of drug-likeness (QED) is 0.560. The predicted molar refractivity (Wildman–Crippen MR) is 104 cm³/mol. The van der Waals surface area contributed by atoms with Gasteiger partial charge >= 0.3 is 0 Å². The van der Waals surface area contributed by atoms with Crippen molar-refractivity contribution >= 4 is 27.4 Å².